The summed E-state index contributed by atoms with van der Waals surface area (Å²) in [6.45, 7) is 0. The van der Waals surface area contributed by atoms with E-state index >= 15 is 0 Å². The Kier molecular flexibility index (Phi) is 4.02. The van der Waals surface area contributed by atoms with Crippen molar-refractivity contribution >= 4 is 17.5 Å². The van der Waals surface area contributed by atoms with E-state index in [0.717, 1.165) is 24.3 Å². The number of anilines is 2. The number of amides is 2. The molecule has 0 unspecified atom stereocenters. The molecule has 1 aliphatic carbocycles. The second-order valence-corrected chi connectivity index (χ2v) is 4.85. The van der Waals surface area contributed by atoms with Crippen LogP contribution in [0.1, 0.15) is 25.7 Å². The summed E-state index contributed by atoms with van der Waals surface area (Å²) in [7, 11) is 3.81. The highest BCUT2D eigenvalue weighted by Gasteiger charge is 2.17. The summed E-state index contributed by atoms with van der Waals surface area (Å²) in [6, 6.07) is 3.86. The van der Waals surface area contributed by atoms with Crippen LogP contribution < -0.4 is 15.5 Å². The summed E-state index contributed by atoms with van der Waals surface area (Å²) in [4.78, 5) is 18.0. The van der Waals surface area contributed by atoms with Crippen molar-refractivity contribution < 1.29 is 4.79 Å². The van der Waals surface area contributed by atoms with Gasteiger partial charge in [0.2, 0.25) is 0 Å². The SMILES string of the molecule is CN(C)c1ncccc1NC(=O)NC1CCCC1. The molecule has 0 atom stereocenters. The zero-order valence-electron chi connectivity index (χ0n) is 10.9. The molecule has 1 aromatic heterocycles. The Hall–Kier alpha value is -1.78. The summed E-state index contributed by atoms with van der Waals surface area (Å²) in [6.07, 6.45) is 6.30. The molecule has 1 heterocycles. The normalized spacial score (nSPS) is 15.4. The summed E-state index contributed by atoms with van der Waals surface area (Å²) in [5.74, 6) is 0.763. The largest absolute Gasteiger partial charge is 0.361 e. The standard InChI is InChI=1S/C13H20N4O/c1-17(2)12-11(8-5-9-14-12)16-13(18)15-10-6-3-4-7-10/h5,8-10H,3-4,6-7H2,1-2H3,(H2,15,16,18). The number of hydrogen-bond donors (Lipinski definition) is 2. The lowest BCUT2D eigenvalue weighted by molar-refractivity contribution is 0.248. The van der Waals surface area contributed by atoms with Crippen LogP contribution in [0.3, 0.4) is 0 Å². The van der Waals surface area contributed by atoms with Gasteiger partial charge in [-0.15, -0.1) is 0 Å². The number of urea groups is 1. The number of pyridine rings is 1. The van der Waals surface area contributed by atoms with Crippen LogP contribution in [0.4, 0.5) is 16.3 Å². The molecule has 0 bridgehead atoms. The quantitative estimate of drug-likeness (QED) is 0.862. The average molecular weight is 248 g/mol. The third-order valence-electron chi connectivity index (χ3n) is 3.15. The lowest BCUT2D eigenvalue weighted by Gasteiger charge is -2.18. The first-order chi connectivity index (χ1) is 8.66. The Morgan fingerprint density at radius 1 is 1.39 bits per heavy atom. The molecule has 5 nitrogen and oxygen atoms in total. The Bertz CT molecular complexity index is 413. The molecule has 1 aliphatic rings. The number of nitrogens with zero attached hydrogens (tertiary/aromatic N) is 2. The van der Waals surface area contributed by atoms with Gasteiger partial charge >= 0.3 is 6.03 Å². The Balaban J connectivity index is 1.97. The molecule has 1 saturated carbocycles. The number of carbonyl (C=O) groups excluding carboxylic acids is 1. The second kappa shape index (κ2) is 5.71. The van der Waals surface area contributed by atoms with Gasteiger partial charge in [-0.3, -0.25) is 0 Å². The highest BCUT2D eigenvalue weighted by molar-refractivity contribution is 5.92. The number of nitrogens with one attached hydrogen (secondary N) is 2. The molecule has 1 aromatic rings. The zero-order chi connectivity index (χ0) is 13.0. The van der Waals surface area contributed by atoms with Crippen LogP contribution in [-0.4, -0.2) is 31.2 Å². The molecule has 0 spiro atoms. The highest BCUT2D eigenvalue weighted by atomic mass is 16.2. The van der Waals surface area contributed by atoms with Crippen molar-refractivity contribution in [1.82, 2.24) is 10.3 Å². The van der Waals surface area contributed by atoms with Crippen molar-refractivity contribution in [2.24, 2.45) is 0 Å². The molecule has 18 heavy (non-hydrogen) atoms. The predicted molar refractivity (Wildman–Crippen MR) is 73.0 cm³/mol. The summed E-state index contributed by atoms with van der Waals surface area (Å²) < 4.78 is 0. The van der Waals surface area contributed by atoms with Gasteiger partial charge in [0.05, 0.1) is 5.69 Å². The van der Waals surface area contributed by atoms with Gasteiger partial charge < -0.3 is 15.5 Å². The van der Waals surface area contributed by atoms with E-state index < -0.39 is 0 Å². The maximum atomic E-state index is 11.9. The van der Waals surface area contributed by atoms with E-state index in [4.69, 9.17) is 0 Å². The zero-order valence-corrected chi connectivity index (χ0v) is 10.9. The van der Waals surface area contributed by atoms with Gasteiger partial charge in [0.15, 0.2) is 5.82 Å². The van der Waals surface area contributed by atoms with Gasteiger partial charge in [0.25, 0.3) is 0 Å². The fraction of sp³-hybridized carbons (Fsp3) is 0.538. The van der Waals surface area contributed by atoms with Crippen molar-refractivity contribution in [2.75, 3.05) is 24.3 Å². The minimum Gasteiger partial charge on any atom is -0.361 e. The van der Waals surface area contributed by atoms with E-state index in [1.165, 1.54) is 12.8 Å². The molecule has 98 valence electrons. The molecule has 5 heteroatoms. The minimum absolute atomic E-state index is 0.141. The molecule has 1 fully saturated rings. The number of rotatable bonds is 3. The average Bonchev–Trinajstić information content (AvgIpc) is 2.82. The van der Waals surface area contributed by atoms with Crippen LogP contribution >= 0.6 is 0 Å². The van der Waals surface area contributed by atoms with E-state index in [1.807, 2.05) is 31.1 Å². The van der Waals surface area contributed by atoms with Crippen molar-refractivity contribution in [3.8, 4) is 0 Å². The van der Waals surface area contributed by atoms with E-state index in [9.17, 15) is 4.79 Å². The van der Waals surface area contributed by atoms with Crippen LogP contribution in [0.5, 0.6) is 0 Å². The molecule has 0 aliphatic heterocycles. The lowest BCUT2D eigenvalue weighted by atomic mass is 10.2. The van der Waals surface area contributed by atoms with Crippen LogP contribution in [0.15, 0.2) is 18.3 Å². The maximum absolute atomic E-state index is 11.9. The third-order valence-corrected chi connectivity index (χ3v) is 3.15. The van der Waals surface area contributed by atoms with Gasteiger partial charge in [0.1, 0.15) is 0 Å². The monoisotopic (exact) mass is 248 g/mol. The van der Waals surface area contributed by atoms with Gasteiger partial charge in [-0.05, 0) is 25.0 Å². The molecule has 0 radical (unpaired) electrons. The van der Waals surface area contributed by atoms with E-state index in [1.54, 1.807) is 6.20 Å². The lowest BCUT2D eigenvalue weighted by Crippen LogP contribution is -2.36. The first-order valence-corrected chi connectivity index (χ1v) is 6.36. The fourth-order valence-corrected chi connectivity index (χ4v) is 2.26. The Labute approximate surface area is 108 Å². The van der Waals surface area contributed by atoms with Crippen molar-refractivity contribution in [3.63, 3.8) is 0 Å². The van der Waals surface area contributed by atoms with Gasteiger partial charge in [0, 0.05) is 26.3 Å². The highest BCUT2D eigenvalue weighted by Crippen LogP contribution is 2.21. The predicted octanol–water partition coefficient (Wildman–Crippen LogP) is 2.21. The van der Waals surface area contributed by atoms with Crippen molar-refractivity contribution in [2.45, 2.75) is 31.7 Å². The van der Waals surface area contributed by atoms with E-state index in [2.05, 4.69) is 15.6 Å². The molecule has 2 rings (SSSR count). The van der Waals surface area contributed by atoms with Crippen molar-refractivity contribution in [1.29, 1.82) is 0 Å². The van der Waals surface area contributed by atoms with Gasteiger partial charge in [-0.1, -0.05) is 12.8 Å². The van der Waals surface area contributed by atoms with Crippen LogP contribution in [-0.2, 0) is 0 Å². The topological polar surface area (TPSA) is 57.3 Å². The molecule has 0 saturated heterocycles. The van der Waals surface area contributed by atoms with Crippen LogP contribution in [0, 0.1) is 0 Å². The molecule has 2 N–H and O–H groups in total. The van der Waals surface area contributed by atoms with E-state index in [0.29, 0.717) is 6.04 Å². The third kappa shape index (κ3) is 3.12. The number of hydrogen-bond acceptors (Lipinski definition) is 3. The molecular formula is C13H20N4O. The summed E-state index contributed by atoms with van der Waals surface area (Å²) >= 11 is 0. The van der Waals surface area contributed by atoms with E-state index in [-0.39, 0.29) is 6.03 Å². The van der Waals surface area contributed by atoms with Crippen LogP contribution in [0.2, 0.25) is 0 Å². The number of carbonyl (C=O) groups is 1. The summed E-state index contributed by atoms with van der Waals surface area (Å²) in [5, 5.41) is 5.86. The van der Waals surface area contributed by atoms with Gasteiger partial charge in [-0.25, -0.2) is 9.78 Å². The number of aromatic nitrogens is 1. The molecule has 2 amide bonds. The Morgan fingerprint density at radius 3 is 2.78 bits per heavy atom. The smallest absolute Gasteiger partial charge is 0.319 e. The molecule has 0 aromatic carbocycles. The maximum Gasteiger partial charge on any atom is 0.319 e. The fourth-order valence-electron chi connectivity index (χ4n) is 2.26. The first kappa shape index (κ1) is 12.7. The Morgan fingerprint density at radius 2 is 2.11 bits per heavy atom. The second-order valence-electron chi connectivity index (χ2n) is 4.85. The van der Waals surface area contributed by atoms with Gasteiger partial charge in [-0.2, -0.15) is 0 Å². The van der Waals surface area contributed by atoms with Crippen molar-refractivity contribution in [3.05, 3.63) is 18.3 Å². The first-order valence-electron chi connectivity index (χ1n) is 6.36. The minimum atomic E-state index is -0.141. The van der Waals surface area contributed by atoms with Crippen LogP contribution in [0.25, 0.3) is 0 Å². The summed E-state index contributed by atoms with van der Waals surface area (Å²) in [5.41, 5.74) is 0.734. The molecular weight excluding hydrogens is 228 g/mol.